The Morgan fingerprint density at radius 3 is 2.55 bits per heavy atom. The van der Waals surface area contributed by atoms with Gasteiger partial charge in [-0.15, -0.1) is 0 Å². The van der Waals surface area contributed by atoms with E-state index >= 15 is 0 Å². The van der Waals surface area contributed by atoms with Crippen molar-refractivity contribution in [2.75, 3.05) is 0 Å². The summed E-state index contributed by atoms with van der Waals surface area (Å²) in [6.07, 6.45) is 14.7. The fourth-order valence-corrected chi connectivity index (χ4v) is 7.53. The summed E-state index contributed by atoms with van der Waals surface area (Å²) in [5.41, 5.74) is 3.57. The molecule has 2 bridgehead atoms. The van der Waals surface area contributed by atoms with E-state index in [0.717, 1.165) is 17.8 Å². The molecule has 0 aromatic heterocycles. The molecule has 112 valence electrons. The van der Waals surface area contributed by atoms with Crippen molar-refractivity contribution in [2.24, 2.45) is 34.0 Å². The molecular formula is C20H32. The number of fused-ring (bicyclic) bond motifs is 3. The predicted octanol–water partition coefficient (Wildman–Crippen LogP) is 5.98. The van der Waals surface area contributed by atoms with Crippen molar-refractivity contribution in [2.45, 2.75) is 79.1 Å². The first-order valence-corrected chi connectivity index (χ1v) is 9.07. The van der Waals surface area contributed by atoms with Crippen LogP contribution in [0.1, 0.15) is 79.1 Å². The molecule has 0 aromatic carbocycles. The third kappa shape index (κ3) is 1.54. The summed E-state index contributed by atoms with van der Waals surface area (Å²) in [6, 6.07) is 0. The van der Waals surface area contributed by atoms with E-state index < -0.39 is 0 Å². The summed E-state index contributed by atoms with van der Waals surface area (Å²) < 4.78 is 0. The lowest BCUT2D eigenvalue weighted by Crippen LogP contribution is -2.55. The molecule has 0 aromatic rings. The summed E-state index contributed by atoms with van der Waals surface area (Å²) in [4.78, 5) is 0. The molecule has 0 nitrogen and oxygen atoms in total. The summed E-state index contributed by atoms with van der Waals surface area (Å²) >= 11 is 0. The summed E-state index contributed by atoms with van der Waals surface area (Å²) in [5.74, 6) is 2.91. The maximum absolute atomic E-state index is 2.76. The fraction of sp³-hybridized carbons (Fsp3) is 0.900. The third-order valence-electron chi connectivity index (χ3n) is 8.25. The molecule has 1 unspecified atom stereocenters. The van der Waals surface area contributed by atoms with E-state index in [-0.39, 0.29) is 0 Å². The summed E-state index contributed by atoms with van der Waals surface area (Å²) in [7, 11) is 0. The lowest BCUT2D eigenvalue weighted by molar-refractivity contribution is -0.133. The minimum Gasteiger partial charge on any atom is -0.0788 e. The Hall–Kier alpha value is -0.260. The first kappa shape index (κ1) is 13.4. The summed E-state index contributed by atoms with van der Waals surface area (Å²) in [6.45, 7) is 10.2. The Bertz CT molecular complexity index is 457. The quantitative estimate of drug-likeness (QED) is 0.476. The van der Waals surface area contributed by atoms with Crippen LogP contribution in [-0.4, -0.2) is 0 Å². The monoisotopic (exact) mass is 272 g/mol. The van der Waals surface area contributed by atoms with Crippen molar-refractivity contribution in [3.05, 3.63) is 11.6 Å². The van der Waals surface area contributed by atoms with Crippen LogP contribution in [0.3, 0.4) is 0 Å². The van der Waals surface area contributed by atoms with E-state index in [4.69, 9.17) is 0 Å². The molecular weight excluding hydrogens is 240 g/mol. The maximum Gasteiger partial charge on any atom is -0.00762 e. The van der Waals surface area contributed by atoms with Gasteiger partial charge < -0.3 is 0 Å². The van der Waals surface area contributed by atoms with Crippen molar-refractivity contribution < 1.29 is 0 Å². The summed E-state index contributed by atoms with van der Waals surface area (Å²) in [5, 5.41) is 0. The maximum atomic E-state index is 2.76. The predicted molar refractivity (Wildman–Crippen MR) is 85.5 cm³/mol. The van der Waals surface area contributed by atoms with Gasteiger partial charge in [0.15, 0.2) is 0 Å². The molecule has 0 N–H and O–H groups in total. The van der Waals surface area contributed by atoms with Gasteiger partial charge in [-0.05, 0) is 85.9 Å². The first-order chi connectivity index (χ1) is 9.37. The van der Waals surface area contributed by atoms with Gasteiger partial charge in [0.1, 0.15) is 0 Å². The minimum absolute atomic E-state index is 0.586. The molecule has 0 saturated heterocycles. The lowest BCUT2D eigenvalue weighted by Gasteiger charge is -2.63. The Kier molecular flexibility index (Phi) is 2.63. The molecule has 0 amide bonds. The number of hydrogen-bond acceptors (Lipinski definition) is 0. The highest BCUT2D eigenvalue weighted by atomic mass is 14.7. The van der Waals surface area contributed by atoms with Crippen molar-refractivity contribution in [1.82, 2.24) is 0 Å². The molecule has 0 radical (unpaired) electrons. The molecule has 20 heavy (non-hydrogen) atoms. The van der Waals surface area contributed by atoms with Crippen molar-refractivity contribution >= 4 is 0 Å². The number of rotatable bonds is 0. The van der Waals surface area contributed by atoms with Crippen LogP contribution in [0.2, 0.25) is 0 Å². The zero-order valence-corrected chi connectivity index (χ0v) is 14.0. The normalized spacial score (nSPS) is 53.0. The molecule has 0 heteroatoms. The van der Waals surface area contributed by atoms with Crippen LogP contribution >= 0.6 is 0 Å². The van der Waals surface area contributed by atoms with Crippen LogP contribution in [0, 0.1) is 34.0 Å². The van der Waals surface area contributed by atoms with E-state index in [9.17, 15) is 0 Å². The molecule has 0 heterocycles. The van der Waals surface area contributed by atoms with Crippen LogP contribution in [0.4, 0.5) is 0 Å². The van der Waals surface area contributed by atoms with Gasteiger partial charge in [0, 0.05) is 0 Å². The van der Waals surface area contributed by atoms with Crippen LogP contribution in [0.5, 0.6) is 0 Å². The molecule has 3 fully saturated rings. The van der Waals surface area contributed by atoms with Gasteiger partial charge in [-0.1, -0.05) is 38.8 Å². The van der Waals surface area contributed by atoms with Crippen molar-refractivity contribution in [3.8, 4) is 0 Å². The molecule has 4 rings (SSSR count). The molecule has 5 atom stereocenters. The van der Waals surface area contributed by atoms with E-state index in [2.05, 4.69) is 33.8 Å². The average Bonchev–Trinajstić information content (AvgIpc) is 2.58. The van der Waals surface area contributed by atoms with E-state index in [1.165, 1.54) is 51.4 Å². The topological polar surface area (TPSA) is 0 Å². The van der Waals surface area contributed by atoms with Gasteiger partial charge in [0.25, 0.3) is 0 Å². The van der Waals surface area contributed by atoms with Crippen molar-refractivity contribution in [3.63, 3.8) is 0 Å². The Morgan fingerprint density at radius 1 is 0.950 bits per heavy atom. The van der Waals surface area contributed by atoms with Gasteiger partial charge in [-0.25, -0.2) is 0 Å². The molecule has 4 aliphatic rings. The zero-order chi connectivity index (χ0) is 14.2. The van der Waals surface area contributed by atoms with Crippen molar-refractivity contribution in [1.29, 1.82) is 0 Å². The van der Waals surface area contributed by atoms with Gasteiger partial charge in [-0.3, -0.25) is 0 Å². The van der Waals surface area contributed by atoms with E-state index in [0.29, 0.717) is 16.2 Å². The highest BCUT2D eigenvalue weighted by Crippen LogP contribution is 2.70. The third-order valence-corrected chi connectivity index (χ3v) is 8.25. The molecule has 1 spiro atoms. The second-order valence-corrected chi connectivity index (χ2v) is 9.59. The van der Waals surface area contributed by atoms with Gasteiger partial charge >= 0.3 is 0 Å². The van der Waals surface area contributed by atoms with Crippen LogP contribution in [0.25, 0.3) is 0 Å². The Morgan fingerprint density at radius 2 is 1.75 bits per heavy atom. The minimum atomic E-state index is 0.586. The Labute approximate surface area is 125 Å². The SMILES string of the molecule is CC1=C[C@@]23CC[C@H]4C(C)(C)CCC[C@]4(C)C2CC[C@@H]1C3. The standard InChI is InChI=1S/C20H32/c1-14-12-20-11-8-16-18(2,3)9-5-10-19(16,4)17(20)7-6-15(14)13-20/h12,15-17H,5-11,13H2,1-4H3/t15-,16+,17?,19+,20-/m1/s1. The van der Waals surface area contributed by atoms with Crippen LogP contribution in [-0.2, 0) is 0 Å². The fourth-order valence-electron chi connectivity index (χ4n) is 7.53. The lowest BCUT2D eigenvalue weighted by atomic mass is 9.41. The molecule has 4 aliphatic carbocycles. The van der Waals surface area contributed by atoms with Gasteiger partial charge in [0.05, 0.1) is 0 Å². The second-order valence-electron chi connectivity index (χ2n) is 9.59. The van der Waals surface area contributed by atoms with E-state index in [1.54, 1.807) is 5.57 Å². The first-order valence-electron chi connectivity index (χ1n) is 9.07. The largest absolute Gasteiger partial charge is 0.0788 e. The smallest absolute Gasteiger partial charge is 0.00762 e. The number of allylic oxidation sites excluding steroid dienone is 2. The van der Waals surface area contributed by atoms with Crippen LogP contribution < -0.4 is 0 Å². The van der Waals surface area contributed by atoms with E-state index in [1.807, 2.05) is 0 Å². The molecule has 3 saturated carbocycles. The van der Waals surface area contributed by atoms with Gasteiger partial charge in [-0.2, -0.15) is 0 Å². The Balaban J connectivity index is 1.76. The van der Waals surface area contributed by atoms with Crippen LogP contribution in [0.15, 0.2) is 11.6 Å². The van der Waals surface area contributed by atoms with Gasteiger partial charge in [0.2, 0.25) is 0 Å². The second kappa shape index (κ2) is 3.93. The number of hydrogen-bond donors (Lipinski definition) is 0. The highest BCUT2D eigenvalue weighted by molar-refractivity contribution is 5.26. The average molecular weight is 272 g/mol. The zero-order valence-electron chi connectivity index (χ0n) is 14.0. The molecule has 0 aliphatic heterocycles. The highest BCUT2D eigenvalue weighted by Gasteiger charge is 2.61.